The summed E-state index contributed by atoms with van der Waals surface area (Å²) in [6.07, 6.45) is 7.22. The molecule has 1 saturated carbocycles. The zero-order valence-electron chi connectivity index (χ0n) is 12.3. The zero-order valence-corrected chi connectivity index (χ0v) is 12.3. The summed E-state index contributed by atoms with van der Waals surface area (Å²) < 4.78 is 0. The largest absolute Gasteiger partial charge is 0.0625 e. The minimum absolute atomic E-state index is 0.592. The maximum atomic E-state index is 2.46. The molecule has 0 N–H and O–H groups in total. The summed E-state index contributed by atoms with van der Waals surface area (Å²) >= 11 is 0. The van der Waals surface area contributed by atoms with Crippen LogP contribution in [0.5, 0.6) is 0 Å². The summed E-state index contributed by atoms with van der Waals surface area (Å²) in [5.74, 6) is 3.66. The first-order valence-corrected chi connectivity index (χ1v) is 7.33. The van der Waals surface area contributed by atoms with Crippen LogP contribution < -0.4 is 0 Å². The first-order chi connectivity index (χ1) is 7.33. The Hall–Kier alpha value is 0. The number of rotatable bonds is 2. The molecule has 96 valence electrons. The van der Waals surface area contributed by atoms with Crippen LogP contribution >= 0.6 is 0 Å². The van der Waals surface area contributed by atoms with E-state index in [2.05, 4.69) is 41.5 Å². The Morgan fingerprint density at radius 1 is 0.812 bits per heavy atom. The van der Waals surface area contributed by atoms with Crippen molar-refractivity contribution in [3.8, 4) is 0 Å². The van der Waals surface area contributed by atoms with E-state index in [1.807, 2.05) is 0 Å². The van der Waals surface area contributed by atoms with Crippen molar-refractivity contribution in [3.05, 3.63) is 0 Å². The Bertz CT molecular complexity index is 200. The van der Waals surface area contributed by atoms with E-state index in [1.165, 1.54) is 32.1 Å². The molecule has 0 heteroatoms. The molecule has 0 radical (unpaired) electrons. The fourth-order valence-electron chi connectivity index (χ4n) is 3.58. The van der Waals surface area contributed by atoms with Crippen molar-refractivity contribution < 1.29 is 0 Å². The van der Waals surface area contributed by atoms with Gasteiger partial charge in [0, 0.05) is 0 Å². The van der Waals surface area contributed by atoms with Crippen LogP contribution in [0.4, 0.5) is 0 Å². The molecule has 1 aliphatic carbocycles. The third-order valence-corrected chi connectivity index (χ3v) is 4.81. The third kappa shape index (κ3) is 3.79. The lowest BCUT2D eigenvalue weighted by Crippen LogP contribution is -2.29. The minimum atomic E-state index is 0.592. The fourth-order valence-corrected chi connectivity index (χ4v) is 3.58. The highest BCUT2D eigenvalue weighted by atomic mass is 14.4. The first kappa shape index (κ1) is 14.1. The molecule has 1 fully saturated rings. The summed E-state index contributed by atoms with van der Waals surface area (Å²) in [6, 6.07) is 0. The second kappa shape index (κ2) is 5.56. The SMILES string of the molecule is CC(C)C1CCCC(C)(C)CCC1C(C)C. The molecule has 0 saturated heterocycles. The maximum Gasteiger partial charge on any atom is -0.0354 e. The van der Waals surface area contributed by atoms with Crippen LogP contribution in [-0.2, 0) is 0 Å². The number of hydrogen-bond acceptors (Lipinski definition) is 0. The first-order valence-electron chi connectivity index (χ1n) is 7.33. The second-order valence-electron chi connectivity index (χ2n) is 7.41. The maximum absolute atomic E-state index is 2.46. The van der Waals surface area contributed by atoms with E-state index in [-0.39, 0.29) is 0 Å². The highest BCUT2D eigenvalue weighted by Gasteiger charge is 2.31. The average Bonchev–Trinajstić information content (AvgIpc) is 2.11. The van der Waals surface area contributed by atoms with Crippen LogP contribution in [0.25, 0.3) is 0 Å². The summed E-state index contributed by atoms with van der Waals surface area (Å²) in [7, 11) is 0. The molecule has 0 heterocycles. The number of hydrogen-bond donors (Lipinski definition) is 0. The van der Waals surface area contributed by atoms with Gasteiger partial charge in [0.25, 0.3) is 0 Å². The zero-order chi connectivity index (χ0) is 12.3. The van der Waals surface area contributed by atoms with Gasteiger partial charge in [0.15, 0.2) is 0 Å². The highest BCUT2D eigenvalue weighted by Crippen LogP contribution is 2.42. The molecule has 1 aliphatic rings. The molecule has 16 heavy (non-hydrogen) atoms. The van der Waals surface area contributed by atoms with Crippen molar-refractivity contribution >= 4 is 0 Å². The van der Waals surface area contributed by atoms with Crippen LogP contribution in [0.15, 0.2) is 0 Å². The van der Waals surface area contributed by atoms with Crippen molar-refractivity contribution in [1.29, 1.82) is 0 Å². The molecule has 0 spiro atoms. The average molecular weight is 224 g/mol. The van der Waals surface area contributed by atoms with Crippen molar-refractivity contribution in [1.82, 2.24) is 0 Å². The highest BCUT2D eigenvalue weighted by molar-refractivity contribution is 4.82. The molecule has 2 unspecified atom stereocenters. The van der Waals surface area contributed by atoms with E-state index in [1.54, 1.807) is 0 Å². The molecule has 0 amide bonds. The van der Waals surface area contributed by atoms with Crippen molar-refractivity contribution in [2.75, 3.05) is 0 Å². The van der Waals surface area contributed by atoms with Crippen LogP contribution in [0.1, 0.15) is 73.6 Å². The van der Waals surface area contributed by atoms with Gasteiger partial charge < -0.3 is 0 Å². The predicted octanol–water partition coefficient (Wildman–Crippen LogP) is 5.52. The van der Waals surface area contributed by atoms with Gasteiger partial charge in [0.1, 0.15) is 0 Å². The van der Waals surface area contributed by atoms with Gasteiger partial charge in [0.05, 0.1) is 0 Å². The van der Waals surface area contributed by atoms with E-state index >= 15 is 0 Å². The Morgan fingerprint density at radius 2 is 1.31 bits per heavy atom. The van der Waals surface area contributed by atoms with Crippen LogP contribution in [0, 0.1) is 29.1 Å². The molecule has 0 aromatic heterocycles. The lowest BCUT2D eigenvalue weighted by molar-refractivity contribution is 0.117. The molecule has 0 nitrogen and oxygen atoms in total. The molecule has 0 aromatic rings. The second-order valence-corrected chi connectivity index (χ2v) is 7.41. The molecular weight excluding hydrogens is 192 g/mol. The summed E-state index contributed by atoms with van der Waals surface area (Å²) in [4.78, 5) is 0. The summed E-state index contributed by atoms with van der Waals surface area (Å²) in [5, 5.41) is 0. The quantitative estimate of drug-likeness (QED) is 0.579. The van der Waals surface area contributed by atoms with E-state index in [0.29, 0.717) is 5.41 Å². The van der Waals surface area contributed by atoms with Crippen molar-refractivity contribution in [3.63, 3.8) is 0 Å². The normalized spacial score (nSPS) is 31.5. The van der Waals surface area contributed by atoms with E-state index in [0.717, 1.165) is 23.7 Å². The smallest absolute Gasteiger partial charge is 0.0354 e. The van der Waals surface area contributed by atoms with Gasteiger partial charge in [-0.1, -0.05) is 48.0 Å². The van der Waals surface area contributed by atoms with Gasteiger partial charge in [-0.25, -0.2) is 0 Å². The van der Waals surface area contributed by atoms with Crippen LogP contribution in [0.3, 0.4) is 0 Å². The van der Waals surface area contributed by atoms with Crippen LogP contribution in [-0.4, -0.2) is 0 Å². The molecular formula is C16H32. The standard InChI is InChI=1S/C16H32/c1-12(2)14-8-7-10-16(5,6)11-9-15(14)13(3)4/h12-15H,7-11H2,1-6H3. The Kier molecular flexibility index (Phi) is 4.88. The van der Waals surface area contributed by atoms with Gasteiger partial charge in [-0.2, -0.15) is 0 Å². The van der Waals surface area contributed by atoms with Crippen molar-refractivity contribution in [2.24, 2.45) is 29.1 Å². The van der Waals surface area contributed by atoms with Gasteiger partial charge in [-0.15, -0.1) is 0 Å². The van der Waals surface area contributed by atoms with E-state index < -0.39 is 0 Å². The topological polar surface area (TPSA) is 0 Å². The lowest BCUT2D eigenvalue weighted by atomic mass is 9.67. The molecule has 1 rings (SSSR count). The van der Waals surface area contributed by atoms with Gasteiger partial charge in [-0.05, 0) is 54.8 Å². The Balaban J connectivity index is 2.72. The summed E-state index contributed by atoms with van der Waals surface area (Å²) in [5.41, 5.74) is 0.592. The van der Waals surface area contributed by atoms with Gasteiger partial charge in [-0.3, -0.25) is 0 Å². The monoisotopic (exact) mass is 224 g/mol. The van der Waals surface area contributed by atoms with Gasteiger partial charge in [0.2, 0.25) is 0 Å². The van der Waals surface area contributed by atoms with E-state index in [9.17, 15) is 0 Å². The molecule has 0 bridgehead atoms. The Morgan fingerprint density at radius 3 is 1.81 bits per heavy atom. The Labute approximate surface area is 103 Å². The fraction of sp³-hybridized carbons (Fsp3) is 1.00. The molecule has 2 atom stereocenters. The summed E-state index contributed by atoms with van der Waals surface area (Å²) in [6.45, 7) is 14.6. The molecule has 0 aliphatic heterocycles. The lowest BCUT2D eigenvalue weighted by Gasteiger charge is -2.39. The van der Waals surface area contributed by atoms with Gasteiger partial charge >= 0.3 is 0 Å². The third-order valence-electron chi connectivity index (χ3n) is 4.81. The van der Waals surface area contributed by atoms with E-state index in [4.69, 9.17) is 0 Å². The van der Waals surface area contributed by atoms with Crippen LogP contribution in [0.2, 0.25) is 0 Å². The van der Waals surface area contributed by atoms with Crippen molar-refractivity contribution in [2.45, 2.75) is 73.6 Å². The predicted molar refractivity (Wildman–Crippen MR) is 73.5 cm³/mol. The minimum Gasteiger partial charge on any atom is -0.0625 e. The molecule has 0 aromatic carbocycles.